The van der Waals surface area contributed by atoms with Gasteiger partial charge in [-0.1, -0.05) is 6.07 Å². The minimum atomic E-state index is -3.76. The molecule has 0 aliphatic heterocycles. The molecule has 0 spiro atoms. The summed E-state index contributed by atoms with van der Waals surface area (Å²) in [7, 11) is -2.10. The number of aryl methyl sites for hydroxylation is 3. The molecule has 156 valence electrons. The van der Waals surface area contributed by atoms with Crippen LogP contribution in [0.4, 0.5) is 0 Å². The van der Waals surface area contributed by atoms with Gasteiger partial charge >= 0.3 is 5.97 Å². The van der Waals surface area contributed by atoms with Gasteiger partial charge in [-0.15, -0.1) is 0 Å². The molecule has 0 saturated carbocycles. The van der Waals surface area contributed by atoms with Gasteiger partial charge in [0, 0.05) is 19.8 Å². The lowest BCUT2D eigenvalue weighted by atomic mass is 10.1. The average Bonchev–Trinajstić information content (AvgIpc) is 3.08. The first-order valence-electron chi connectivity index (χ1n) is 8.78. The molecule has 2 amide bonds. The molecule has 0 bridgehead atoms. The highest BCUT2D eigenvalue weighted by atomic mass is 32.2. The van der Waals surface area contributed by atoms with Crippen molar-refractivity contribution in [3.05, 3.63) is 53.3 Å². The minimum absolute atomic E-state index is 0.104. The largest absolute Gasteiger partial charge is 0.456 e. The molecule has 2 aromatic rings. The molecule has 2 N–H and O–H groups in total. The fourth-order valence-corrected chi connectivity index (χ4v) is 3.51. The van der Waals surface area contributed by atoms with E-state index in [4.69, 9.17) is 4.74 Å². The Morgan fingerprint density at radius 3 is 2.45 bits per heavy atom. The third-order valence-corrected chi connectivity index (χ3v) is 5.66. The smallest absolute Gasteiger partial charge is 0.307 e. The first kappa shape index (κ1) is 22.3. The second kappa shape index (κ2) is 9.48. The Kier molecular flexibility index (Phi) is 7.29. The highest BCUT2D eigenvalue weighted by Gasteiger charge is 2.17. The summed E-state index contributed by atoms with van der Waals surface area (Å²) >= 11 is 0. The van der Waals surface area contributed by atoms with E-state index in [1.165, 1.54) is 16.7 Å². The molecule has 0 saturated heterocycles. The van der Waals surface area contributed by atoms with Gasteiger partial charge in [0.15, 0.2) is 6.61 Å². The second-order valence-corrected chi connectivity index (χ2v) is 8.20. The van der Waals surface area contributed by atoms with Gasteiger partial charge in [0.25, 0.3) is 11.8 Å². The number of nitrogens with zero attached hydrogens (tertiary/aromatic N) is 1. The van der Waals surface area contributed by atoms with Crippen molar-refractivity contribution in [3.8, 4) is 0 Å². The summed E-state index contributed by atoms with van der Waals surface area (Å²) in [5, 5.41) is 2.10. The summed E-state index contributed by atoms with van der Waals surface area (Å²) in [4.78, 5) is 35.4. The topological polar surface area (TPSA) is 124 Å². The lowest BCUT2D eigenvalue weighted by Crippen LogP contribution is -2.35. The van der Waals surface area contributed by atoms with Crippen molar-refractivity contribution in [1.82, 2.24) is 14.6 Å². The van der Waals surface area contributed by atoms with E-state index < -0.39 is 34.4 Å². The number of sulfonamides is 1. The van der Waals surface area contributed by atoms with E-state index in [1.54, 1.807) is 38.4 Å². The average molecular weight is 421 g/mol. The van der Waals surface area contributed by atoms with Crippen LogP contribution in [0.1, 0.15) is 28.0 Å². The van der Waals surface area contributed by atoms with E-state index in [9.17, 15) is 22.8 Å². The van der Waals surface area contributed by atoms with Gasteiger partial charge in [-0.25, -0.2) is 13.1 Å². The van der Waals surface area contributed by atoms with Gasteiger partial charge in [-0.05, 0) is 49.2 Å². The van der Waals surface area contributed by atoms with Crippen LogP contribution < -0.4 is 10.0 Å². The Hall–Kier alpha value is -2.98. The van der Waals surface area contributed by atoms with Crippen molar-refractivity contribution in [2.45, 2.75) is 25.2 Å². The monoisotopic (exact) mass is 421 g/mol. The molecule has 0 atom stereocenters. The van der Waals surface area contributed by atoms with Crippen LogP contribution in [-0.4, -0.2) is 43.9 Å². The van der Waals surface area contributed by atoms with Crippen LogP contribution in [0.5, 0.6) is 0 Å². The van der Waals surface area contributed by atoms with Gasteiger partial charge in [0.05, 0.1) is 11.3 Å². The van der Waals surface area contributed by atoms with Crippen molar-refractivity contribution in [3.63, 3.8) is 0 Å². The van der Waals surface area contributed by atoms with Gasteiger partial charge in [0.2, 0.25) is 10.0 Å². The van der Waals surface area contributed by atoms with Crippen molar-refractivity contribution < 1.29 is 27.5 Å². The molecule has 1 heterocycles. The standard InChI is InChI=1S/C19H23N3O6S/c1-13-6-7-15(11-14(13)2)29(26,27)20-9-8-18(24)28-12-17(23)21-19(25)16-5-4-10-22(16)3/h4-7,10-11,20H,8-9,12H2,1-3H3,(H,21,23,25). The van der Waals surface area contributed by atoms with Gasteiger partial charge in [-0.2, -0.15) is 0 Å². The summed E-state index contributed by atoms with van der Waals surface area (Å²) in [6.07, 6.45) is 1.39. The van der Waals surface area contributed by atoms with E-state index in [1.807, 2.05) is 6.92 Å². The Morgan fingerprint density at radius 2 is 1.83 bits per heavy atom. The zero-order valence-electron chi connectivity index (χ0n) is 16.4. The van der Waals surface area contributed by atoms with E-state index in [-0.39, 0.29) is 23.6 Å². The molecular weight excluding hydrogens is 398 g/mol. The molecule has 2 rings (SSSR count). The number of carbonyl (C=O) groups is 3. The lowest BCUT2D eigenvalue weighted by molar-refractivity contribution is -0.148. The van der Waals surface area contributed by atoms with Crippen LogP contribution in [0.2, 0.25) is 0 Å². The summed E-state index contributed by atoms with van der Waals surface area (Å²) in [6.45, 7) is 2.86. The molecule has 29 heavy (non-hydrogen) atoms. The summed E-state index contributed by atoms with van der Waals surface area (Å²) in [6, 6.07) is 7.92. The SMILES string of the molecule is Cc1ccc(S(=O)(=O)NCCC(=O)OCC(=O)NC(=O)c2cccn2C)cc1C. The minimum Gasteiger partial charge on any atom is -0.456 e. The first-order valence-corrected chi connectivity index (χ1v) is 10.3. The van der Waals surface area contributed by atoms with Gasteiger partial charge in [-0.3, -0.25) is 19.7 Å². The summed E-state index contributed by atoms with van der Waals surface area (Å²) in [5.74, 6) is -2.16. The number of rotatable bonds is 8. The second-order valence-electron chi connectivity index (χ2n) is 6.44. The zero-order chi connectivity index (χ0) is 21.6. The maximum atomic E-state index is 12.2. The van der Waals surface area contributed by atoms with Crippen molar-refractivity contribution in [1.29, 1.82) is 0 Å². The van der Waals surface area contributed by atoms with Crippen molar-refractivity contribution in [2.24, 2.45) is 7.05 Å². The third-order valence-electron chi connectivity index (χ3n) is 4.20. The maximum absolute atomic E-state index is 12.2. The summed E-state index contributed by atoms with van der Waals surface area (Å²) in [5.41, 5.74) is 2.09. The van der Waals surface area contributed by atoms with Crippen LogP contribution in [0, 0.1) is 13.8 Å². The van der Waals surface area contributed by atoms with E-state index in [0.29, 0.717) is 0 Å². The molecule has 0 aliphatic rings. The molecule has 1 aromatic carbocycles. The fourth-order valence-electron chi connectivity index (χ4n) is 2.39. The number of benzene rings is 1. The van der Waals surface area contributed by atoms with Crippen molar-refractivity contribution in [2.75, 3.05) is 13.2 Å². The van der Waals surface area contributed by atoms with Gasteiger partial charge in [0.1, 0.15) is 5.69 Å². The fraction of sp³-hybridized carbons (Fsp3) is 0.316. The molecule has 0 radical (unpaired) electrons. The number of amides is 2. The number of nitrogens with one attached hydrogen (secondary N) is 2. The number of esters is 1. The normalized spacial score (nSPS) is 11.1. The Balaban J connectivity index is 1.75. The number of ether oxygens (including phenoxy) is 1. The maximum Gasteiger partial charge on any atom is 0.307 e. The Bertz CT molecular complexity index is 1030. The Morgan fingerprint density at radius 1 is 1.10 bits per heavy atom. The van der Waals surface area contributed by atoms with Gasteiger partial charge < -0.3 is 9.30 Å². The number of carbonyl (C=O) groups excluding carboxylic acids is 3. The first-order chi connectivity index (χ1) is 13.6. The highest BCUT2D eigenvalue weighted by molar-refractivity contribution is 7.89. The Labute approximate surface area is 169 Å². The quantitative estimate of drug-likeness (QED) is 0.608. The molecule has 9 nitrogen and oxygen atoms in total. The van der Waals surface area contributed by atoms with E-state index in [0.717, 1.165) is 11.1 Å². The third kappa shape index (κ3) is 6.26. The molecule has 0 unspecified atom stereocenters. The molecule has 0 fully saturated rings. The molecule has 1 aromatic heterocycles. The molecule has 0 aliphatic carbocycles. The molecular formula is C19H23N3O6S. The number of hydrogen-bond donors (Lipinski definition) is 2. The van der Waals surface area contributed by atoms with Crippen molar-refractivity contribution >= 4 is 27.8 Å². The van der Waals surface area contributed by atoms with Crippen LogP contribution in [0.3, 0.4) is 0 Å². The predicted octanol–water partition coefficient (Wildman–Crippen LogP) is 0.810. The van der Waals surface area contributed by atoms with Crippen LogP contribution in [0.25, 0.3) is 0 Å². The molecule has 10 heteroatoms. The number of hydrogen-bond acceptors (Lipinski definition) is 6. The van der Waals surface area contributed by atoms with Crippen LogP contribution >= 0.6 is 0 Å². The van der Waals surface area contributed by atoms with E-state index >= 15 is 0 Å². The number of imide groups is 1. The number of aromatic nitrogens is 1. The zero-order valence-corrected chi connectivity index (χ0v) is 17.2. The highest BCUT2D eigenvalue weighted by Crippen LogP contribution is 2.14. The van der Waals surface area contributed by atoms with Crippen LogP contribution in [0.15, 0.2) is 41.4 Å². The summed E-state index contributed by atoms with van der Waals surface area (Å²) < 4.78 is 33.1. The van der Waals surface area contributed by atoms with Crippen LogP contribution in [-0.2, 0) is 31.4 Å². The lowest BCUT2D eigenvalue weighted by Gasteiger charge is -2.09. The van der Waals surface area contributed by atoms with E-state index in [2.05, 4.69) is 10.0 Å². The predicted molar refractivity (Wildman–Crippen MR) is 105 cm³/mol.